The number of rotatable bonds is 4. The molecule has 0 spiro atoms. The van der Waals surface area contributed by atoms with Crippen LogP contribution in [0.15, 0.2) is 38.2 Å². The fourth-order valence-corrected chi connectivity index (χ4v) is 3.49. The van der Waals surface area contributed by atoms with Crippen LogP contribution in [0.5, 0.6) is 5.75 Å². The third-order valence-corrected chi connectivity index (χ3v) is 3.50. The molecular formula is C11H9Br3O2. The smallest absolute Gasteiger partial charge is 0.195 e. The van der Waals surface area contributed by atoms with Gasteiger partial charge in [0, 0.05) is 4.47 Å². The van der Waals surface area contributed by atoms with Gasteiger partial charge in [-0.25, -0.2) is 0 Å². The monoisotopic (exact) mass is 410 g/mol. The van der Waals surface area contributed by atoms with E-state index in [9.17, 15) is 4.79 Å². The van der Waals surface area contributed by atoms with E-state index in [2.05, 4.69) is 54.4 Å². The Morgan fingerprint density at radius 2 is 1.88 bits per heavy atom. The molecule has 0 aliphatic rings. The first-order chi connectivity index (χ1) is 7.45. The Bertz CT molecular complexity index is 406. The second-order valence-electron chi connectivity index (χ2n) is 3.07. The van der Waals surface area contributed by atoms with E-state index in [1.807, 2.05) is 12.1 Å². The lowest BCUT2D eigenvalue weighted by Gasteiger charge is -2.15. The minimum absolute atomic E-state index is 0.151. The number of halogens is 3. The predicted octanol–water partition coefficient (Wildman–Crippen LogP) is 4.50. The van der Waals surface area contributed by atoms with Crippen molar-refractivity contribution in [2.75, 3.05) is 0 Å². The molecular weight excluding hydrogens is 404 g/mol. The van der Waals surface area contributed by atoms with Gasteiger partial charge in [-0.05, 0) is 57.0 Å². The summed E-state index contributed by atoms with van der Waals surface area (Å²) in [5.74, 6) is 0.451. The maximum atomic E-state index is 11.3. The molecule has 0 aromatic heterocycles. The normalized spacial score (nSPS) is 12.0. The van der Waals surface area contributed by atoms with Crippen LogP contribution >= 0.6 is 47.8 Å². The molecule has 1 aromatic carbocycles. The third kappa shape index (κ3) is 3.43. The van der Waals surface area contributed by atoms with Gasteiger partial charge in [-0.3, -0.25) is 4.79 Å². The molecule has 0 heterocycles. The summed E-state index contributed by atoms with van der Waals surface area (Å²) in [5.41, 5.74) is 0. The van der Waals surface area contributed by atoms with E-state index in [1.54, 1.807) is 6.92 Å². The summed E-state index contributed by atoms with van der Waals surface area (Å²) in [4.78, 5) is 11.3. The van der Waals surface area contributed by atoms with Crippen molar-refractivity contribution in [2.24, 2.45) is 0 Å². The molecule has 1 aromatic rings. The Morgan fingerprint density at radius 1 is 1.38 bits per heavy atom. The average Bonchev–Trinajstić information content (AvgIpc) is 2.21. The third-order valence-electron chi connectivity index (χ3n) is 1.86. The maximum Gasteiger partial charge on any atom is 0.195 e. The van der Waals surface area contributed by atoms with Crippen molar-refractivity contribution in [1.29, 1.82) is 0 Å². The van der Waals surface area contributed by atoms with Crippen LogP contribution in [0.4, 0.5) is 0 Å². The molecule has 16 heavy (non-hydrogen) atoms. The lowest BCUT2D eigenvalue weighted by Crippen LogP contribution is -2.21. The molecule has 0 saturated carbocycles. The van der Waals surface area contributed by atoms with Gasteiger partial charge in [-0.15, -0.1) is 0 Å². The number of ketones is 1. The van der Waals surface area contributed by atoms with Gasteiger partial charge in [0.25, 0.3) is 0 Å². The molecule has 1 atom stereocenters. The zero-order valence-electron chi connectivity index (χ0n) is 8.47. The lowest BCUT2D eigenvalue weighted by molar-refractivity contribution is -0.120. The average molecular weight is 413 g/mol. The molecule has 0 bridgehead atoms. The standard InChI is InChI=1S/C11H9Br3O2/c1-3-10(15)6(2)16-11-8(13)4-7(12)5-9(11)14/h3-6H,1H2,2H3. The molecule has 0 fully saturated rings. The van der Waals surface area contributed by atoms with Crippen molar-refractivity contribution in [1.82, 2.24) is 0 Å². The summed E-state index contributed by atoms with van der Waals surface area (Å²) >= 11 is 10.1. The maximum absolute atomic E-state index is 11.3. The predicted molar refractivity (Wildman–Crippen MR) is 74.8 cm³/mol. The molecule has 2 nitrogen and oxygen atoms in total. The first kappa shape index (κ1) is 13.9. The van der Waals surface area contributed by atoms with E-state index < -0.39 is 6.10 Å². The van der Waals surface area contributed by atoms with Gasteiger partial charge in [-0.1, -0.05) is 22.5 Å². The Hall–Kier alpha value is -0.130. The van der Waals surface area contributed by atoms with Gasteiger partial charge >= 0.3 is 0 Å². The Labute approximate surface area is 119 Å². The minimum Gasteiger partial charge on any atom is -0.480 e. The second kappa shape index (κ2) is 5.98. The molecule has 1 unspecified atom stereocenters. The van der Waals surface area contributed by atoms with Crippen LogP contribution in [-0.2, 0) is 4.79 Å². The fraction of sp³-hybridized carbons (Fsp3) is 0.182. The van der Waals surface area contributed by atoms with E-state index >= 15 is 0 Å². The fourth-order valence-electron chi connectivity index (χ4n) is 1.04. The van der Waals surface area contributed by atoms with Crippen molar-refractivity contribution in [3.63, 3.8) is 0 Å². The van der Waals surface area contributed by atoms with E-state index in [-0.39, 0.29) is 5.78 Å². The molecule has 0 aliphatic heterocycles. The number of carbonyl (C=O) groups excluding carboxylic acids is 1. The van der Waals surface area contributed by atoms with Crippen molar-refractivity contribution >= 4 is 53.6 Å². The van der Waals surface area contributed by atoms with Gasteiger partial charge in [0.05, 0.1) is 8.95 Å². The van der Waals surface area contributed by atoms with Crippen LogP contribution in [0, 0.1) is 0 Å². The number of hydrogen-bond donors (Lipinski definition) is 0. The lowest BCUT2D eigenvalue weighted by atomic mass is 10.2. The summed E-state index contributed by atoms with van der Waals surface area (Å²) in [6.45, 7) is 5.11. The van der Waals surface area contributed by atoms with Crippen molar-refractivity contribution in [3.8, 4) is 5.75 Å². The molecule has 1 rings (SSSR count). The van der Waals surface area contributed by atoms with Gasteiger partial charge in [0.15, 0.2) is 11.9 Å². The van der Waals surface area contributed by atoms with E-state index in [1.165, 1.54) is 6.08 Å². The first-order valence-electron chi connectivity index (χ1n) is 4.43. The summed E-state index contributed by atoms with van der Waals surface area (Å²) < 4.78 is 8.02. The van der Waals surface area contributed by atoms with Gasteiger partial charge < -0.3 is 4.74 Å². The minimum atomic E-state index is -0.550. The highest BCUT2D eigenvalue weighted by atomic mass is 79.9. The Balaban J connectivity index is 2.97. The van der Waals surface area contributed by atoms with Crippen molar-refractivity contribution < 1.29 is 9.53 Å². The molecule has 0 radical (unpaired) electrons. The quantitative estimate of drug-likeness (QED) is 0.681. The topological polar surface area (TPSA) is 26.3 Å². The number of ether oxygens (including phenoxy) is 1. The zero-order chi connectivity index (χ0) is 12.3. The largest absolute Gasteiger partial charge is 0.480 e. The zero-order valence-corrected chi connectivity index (χ0v) is 13.2. The first-order valence-corrected chi connectivity index (χ1v) is 6.81. The highest BCUT2D eigenvalue weighted by Crippen LogP contribution is 2.37. The number of hydrogen-bond acceptors (Lipinski definition) is 2. The van der Waals surface area contributed by atoms with Crippen molar-refractivity contribution in [2.45, 2.75) is 13.0 Å². The van der Waals surface area contributed by atoms with Crippen molar-refractivity contribution in [3.05, 3.63) is 38.2 Å². The highest BCUT2D eigenvalue weighted by Gasteiger charge is 2.15. The van der Waals surface area contributed by atoms with E-state index in [0.717, 1.165) is 13.4 Å². The van der Waals surface area contributed by atoms with Crippen LogP contribution < -0.4 is 4.74 Å². The van der Waals surface area contributed by atoms with E-state index in [4.69, 9.17) is 4.74 Å². The summed E-state index contributed by atoms with van der Waals surface area (Å²) in [7, 11) is 0. The van der Waals surface area contributed by atoms with Crippen LogP contribution in [0.25, 0.3) is 0 Å². The summed E-state index contributed by atoms with van der Waals surface area (Å²) in [6, 6.07) is 3.70. The van der Waals surface area contributed by atoms with Crippen LogP contribution in [-0.4, -0.2) is 11.9 Å². The Kier molecular flexibility index (Phi) is 5.21. The van der Waals surface area contributed by atoms with Gasteiger partial charge in [-0.2, -0.15) is 0 Å². The molecule has 0 aliphatic carbocycles. The molecule has 5 heteroatoms. The molecule has 0 saturated heterocycles. The van der Waals surface area contributed by atoms with E-state index in [0.29, 0.717) is 5.75 Å². The second-order valence-corrected chi connectivity index (χ2v) is 5.69. The number of benzene rings is 1. The molecule has 0 amide bonds. The molecule has 86 valence electrons. The summed E-state index contributed by atoms with van der Waals surface area (Å²) in [6.07, 6.45) is 0.706. The number of carbonyl (C=O) groups is 1. The highest BCUT2D eigenvalue weighted by molar-refractivity contribution is 9.11. The molecule has 0 N–H and O–H groups in total. The SMILES string of the molecule is C=CC(=O)C(C)Oc1c(Br)cc(Br)cc1Br. The Morgan fingerprint density at radius 3 is 2.31 bits per heavy atom. The summed E-state index contributed by atoms with van der Waals surface area (Å²) in [5, 5.41) is 0. The van der Waals surface area contributed by atoms with Gasteiger partial charge in [0.1, 0.15) is 5.75 Å². The van der Waals surface area contributed by atoms with Crippen LogP contribution in [0.2, 0.25) is 0 Å². The van der Waals surface area contributed by atoms with Gasteiger partial charge in [0.2, 0.25) is 0 Å². The van der Waals surface area contributed by atoms with Crippen LogP contribution in [0.3, 0.4) is 0 Å². The van der Waals surface area contributed by atoms with Crippen LogP contribution in [0.1, 0.15) is 6.92 Å².